The number of anilines is 2. The van der Waals surface area contributed by atoms with Gasteiger partial charge in [-0.1, -0.05) is 62.1 Å². The summed E-state index contributed by atoms with van der Waals surface area (Å²) in [6.07, 6.45) is 10.1. The van der Waals surface area contributed by atoms with Crippen LogP contribution >= 0.6 is 0 Å². The van der Waals surface area contributed by atoms with Gasteiger partial charge < -0.3 is 0 Å². The van der Waals surface area contributed by atoms with Crippen molar-refractivity contribution in [3.05, 3.63) is 72.8 Å². The van der Waals surface area contributed by atoms with Crippen molar-refractivity contribution in [2.24, 2.45) is 0 Å². The van der Waals surface area contributed by atoms with E-state index in [-0.39, 0.29) is 0 Å². The van der Waals surface area contributed by atoms with E-state index in [1.165, 1.54) is 73.2 Å². The Morgan fingerprint density at radius 1 is 0.438 bits per heavy atom. The summed E-state index contributed by atoms with van der Waals surface area (Å²) in [6, 6.07) is 25.2. The van der Waals surface area contributed by atoms with E-state index in [4.69, 9.17) is 11.5 Å². The maximum atomic E-state index is 6.23. The molecule has 2 aromatic carbocycles. The third-order valence-electron chi connectivity index (χ3n) is 6.46. The predicted molar refractivity (Wildman–Crippen MR) is 134 cm³/mol. The standard InChI is InChI=1S/C28H34N4/c29-27-19-17-23-13-7-9-15-25(23)31(27)21-11-5-3-1-2-4-6-12-22-32-26-16-10-8-14-24(26)18-20-28(32)30/h7-10,13-20,29-30H,1-6,11-12,21-22H2/p+2. The maximum Gasteiger partial charge on any atom is 0.272 e. The molecule has 0 radical (unpaired) electrons. The highest BCUT2D eigenvalue weighted by Crippen LogP contribution is 2.14. The van der Waals surface area contributed by atoms with Crippen molar-refractivity contribution >= 4 is 33.4 Å². The van der Waals surface area contributed by atoms with Crippen LogP contribution in [0.3, 0.4) is 0 Å². The van der Waals surface area contributed by atoms with Gasteiger partial charge in [-0.2, -0.15) is 0 Å². The second-order valence-electron chi connectivity index (χ2n) is 8.77. The number of nitrogens with two attached hydrogens (primary N) is 2. The Morgan fingerprint density at radius 3 is 1.25 bits per heavy atom. The maximum absolute atomic E-state index is 6.23. The normalized spacial score (nSPS) is 11.4. The van der Waals surface area contributed by atoms with Gasteiger partial charge in [0, 0.05) is 22.9 Å². The van der Waals surface area contributed by atoms with Crippen LogP contribution in [0, 0.1) is 0 Å². The highest BCUT2D eigenvalue weighted by molar-refractivity contribution is 5.76. The Kier molecular flexibility index (Phi) is 7.55. The molecule has 4 rings (SSSR count). The molecule has 2 aromatic heterocycles. The Hall–Kier alpha value is -3.14. The second-order valence-corrected chi connectivity index (χ2v) is 8.77. The Morgan fingerprint density at radius 2 is 0.812 bits per heavy atom. The molecule has 0 aliphatic rings. The van der Waals surface area contributed by atoms with Crippen molar-refractivity contribution in [1.82, 2.24) is 0 Å². The van der Waals surface area contributed by atoms with E-state index in [1.807, 2.05) is 12.1 Å². The molecule has 4 heteroatoms. The molecule has 0 aliphatic carbocycles. The lowest BCUT2D eigenvalue weighted by Crippen LogP contribution is -2.38. The van der Waals surface area contributed by atoms with E-state index in [9.17, 15) is 0 Å². The molecule has 4 N–H and O–H groups in total. The second kappa shape index (κ2) is 10.9. The van der Waals surface area contributed by atoms with E-state index < -0.39 is 0 Å². The van der Waals surface area contributed by atoms with Gasteiger partial charge in [-0.05, 0) is 49.9 Å². The van der Waals surface area contributed by atoms with Gasteiger partial charge >= 0.3 is 0 Å². The van der Waals surface area contributed by atoms with Crippen LogP contribution in [-0.2, 0) is 13.1 Å². The SMILES string of the molecule is Nc1ccc2ccccc2[n+]1CCCCCCCCCC[n+]1c(N)ccc2ccccc21. The van der Waals surface area contributed by atoms with Crippen molar-refractivity contribution in [1.29, 1.82) is 0 Å². The largest absolute Gasteiger partial charge is 0.287 e. The van der Waals surface area contributed by atoms with Gasteiger partial charge in [-0.3, -0.25) is 11.5 Å². The van der Waals surface area contributed by atoms with E-state index in [2.05, 4.69) is 69.8 Å². The van der Waals surface area contributed by atoms with Crippen LogP contribution in [-0.4, -0.2) is 0 Å². The molecule has 0 saturated heterocycles. The van der Waals surface area contributed by atoms with Gasteiger partial charge in [-0.25, -0.2) is 9.13 Å². The van der Waals surface area contributed by atoms with Crippen LogP contribution in [0.1, 0.15) is 51.4 Å². The number of nitrogen functional groups attached to an aromatic ring is 2. The third kappa shape index (κ3) is 5.37. The fourth-order valence-corrected chi connectivity index (χ4v) is 4.66. The Balaban J connectivity index is 1.12. The quantitative estimate of drug-likeness (QED) is 0.243. The average Bonchev–Trinajstić information content (AvgIpc) is 2.82. The van der Waals surface area contributed by atoms with Crippen LogP contribution < -0.4 is 20.6 Å². The van der Waals surface area contributed by atoms with Crippen molar-refractivity contribution in [3.8, 4) is 0 Å². The van der Waals surface area contributed by atoms with Gasteiger partial charge in [0.05, 0.1) is 13.1 Å². The topological polar surface area (TPSA) is 59.8 Å². The lowest BCUT2D eigenvalue weighted by molar-refractivity contribution is -0.657. The fraction of sp³-hybridized carbons (Fsp3) is 0.357. The van der Waals surface area contributed by atoms with Gasteiger partial charge in [0.15, 0.2) is 0 Å². The summed E-state index contributed by atoms with van der Waals surface area (Å²) < 4.78 is 4.51. The highest BCUT2D eigenvalue weighted by atomic mass is 15.0. The lowest BCUT2D eigenvalue weighted by atomic mass is 10.1. The van der Waals surface area contributed by atoms with E-state index in [0.717, 1.165) is 24.7 Å². The number of aromatic nitrogens is 2. The zero-order valence-corrected chi connectivity index (χ0v) is 19.0. The van der Waals surface area contributed by atoms with Crippen molar-refractivity contribution in [3.63, 3.8) is 0 Å². The number of aryl methyl sites for hydroxylation is 2. The molecule has 166 valence electrons. The summed E-state index contributed by atoms with van der Waals surface area (Å²) in [5.74, 6) is 1.71. The Bertz CT molecular complexity index is 1080. The average molecular weight is 429 g/mol. The number of para-hydroxylation sites is 2. The number of hydrogen-bond acceptors (Lipinski definition) is 2. The first-order valence-corrected chi connectivity index (χ1v) is 12.1. The number of fused-ring (bicyclic) bond motifs is 2. The number of hydrogen-bond donors (Lipinski definition) is 2. The number of rotatable bonds is 11. The molecule has 4 aromatic rings. The van der Waals surface area contributed by atoms with Gasteiger partial charge in [-0.15, -0.1) is 0 Å². The summed E-state index contributed by atoms with van der Waals surface area (Å²) >= 11 is 0. The highest BCUT2D eigenvalue weighted by Gasteiger charge is 2.10. The minimum Gasteiger partial charge on any atom is -0.287 e. The molecule has 0 bridgehead atoms. The van der Waals surface area contributed by atoms with Crippen LogP contribution in [0.4, 0.5) is 11.6 Å². The van der Waals surface area contributed by atoms with Gasteiger partial charge in [0.1, 0.15) is 11.0 Å². The lowest BCUT2D eigenvalue weighted by Gasteiger charge is -2.08. The number of pyridine rings is 2. The molecule has 4 nitrogen and oxygen atoms in total. The molecule has 0 fully saturated rings. The summed E-state index contributed by atoms with van der Waals surface area (Å²) in [5.41, 5.74) is 14.9. The van der Waals surface area contributed by atoms with Gasteiger partial charge in [0.2, 0.25) is 0 Å². The zero-order chi connectivity index (χ0) is 22.2. The van der Waals surface area contributed by atoms with Crippen molar-refractivity contribution in [2.75, 3.05) is 11.5 Å². The minimum atomic E-state index is 0.855. The Labute approximate surface area is 191 Å². The summed E-state index contributed by atoms with van der Waals surface area (Å²) in [5, 5.41) is 2.51. The molecule has 0 aliphatic heterocycles. The summed E-state index contributed by atoms with van der Waals surface area (Å²) in [4.78, 5) is 0. The monoisotopic (exact) mass is 428 g/mol. The smallest absolute Gasteiger partial charge is 0.272 e. The first kappa shape index (κ1) is 22.1. The summed E-state index contributed by atoms with van der Waals surface area (Å²) in [6.45, 7) is 1.99. The summed E-state index contributed by atoms with van der Waals surface area (Å²) in [7, 11) is 0. The number of benzene rings is 2. The molecular formula is C28H36N4+2. The predicted octanol–water partition coefficient (Wildman–Crippen LogP) is 5.55. The molecular weight excluding hydrogens is 392 g/mol. The molecule has 0 atom stereocenters. The van der Waals surface area contributed by atoms with E-state index >= 15 is 0 Å². The van der Waals surface area contributed by atoms with Crippen LogP contribution in [0.25, 0.3) is 21.8 Å². The zero-order valence-electron chi connectivity index (χ0n) is 19.0. The molecule has 0 amide bonds. The minimum absolute atomic E-state index is 0.855. The van der Waals surface area contributed by atoms with E-state index in [1.54, 1.807) is 0 Å². The first-order valence-electron chi connectivity index (χ1n) is 12.1. The molecule has 0 unspecified atom stereocenters. The molecule has 0 spiro atoms. The van der Waals surface area contributed by atoms with Crippen molar-refractivity contribution < 1.29 is 9.13 Å². The van der Waals surface area contributed by atoms with Crippen LogP contribution in [0.15, 0.2) is 72.8 Å². The van der Waals surface area contributed by atoms with E-state index in [0.29, 0.717) is 0 Å². The number of unbranched alkanes of at least 4 members (excludes halogenated alkanes) is 7. The van der Waals surface area contributed by atoms with Crippen LogP contribution in [0.2, 0.25) is 0 Å². The van der Waals surface area contributed by atoms with Crippen molar-refractivity contribution in [2.45, 2.75) is 64.5 Å². The molecule has 2 heterocycles. The fourth-order valence-electron chi connectivity index (χ4n) is 4.66. The molecule has 0 saturated carbocycles. The van der Waals surface area contributed by atoms with Crippen LogP contribution in [0.5, 0.6) is 0 Å². The first-order chi connectivity index (χ1) is 15.7. The third-order valence-corrected chi connectivity index (χ3v) is 6.46. The molecule has 32 heavy (non-hydrogen) atoms. The number of nitrogens with zero attached hydrogens (tertiary/aromatic N) is 2. The van der Waals surface area contributed by atoms with Gasteiger partial charge in [0.25, 0.3) is 11.6 Å².